The summed E-state index contributed by atoms with van der Waals surface area (Å²) in [7, 11) is 1.24. The third-order valence-electron chi connectivity index (χ3n) is 2.17. The van der Waals surface area contributed by atoms with E-state index in [1.54, 1.807) is 12.1 Å². The molecule has 0 bridgehead atoms. The second kappa shape index (κ2) is 7.44. The normalized spacial score (nSPS) is 11.4. The Kier molecular flexibility index (Phi) is 5.92. The predicted octanol–water partition coefficient (Wildman–Crippen LogP) is 2.35. The molecule has 0 spiro atoms. The molecule has 0 aliphatic rings. The molecule has 8 heteroatoms. The molecule has 21 heavy (non-hydrogen) atoms. The van der Waals surface area contributed by atoms with Crippen LogP contribution in [0.4, 0.5) is 18.9 Å². The fourth-order valence-electron chi connectivity index (χ4n) is 1.25. The van der Waals surface area contributed by atoms with E-state index in [9.17, 15) is 22.8 Å². The minimum Gasteiger partial charge on any atom is -0.466 e. The molecule has 0 radical (unpaired) electrons. The molecule has 0 atom stereocenters. The topological polar surface area (TPSA) is 64.6 Å². The summed E-state index contributed by atoms with van der Waals surface area (Å²) in [6, 6.07) is 6.09. The summed E-state index contributed by atoms with van der Waals surface area (Å²) >= 11 is 0. The molecule has 0 heterocycles. The lowest BCUT2D eigenvalue weighted by Gasteiger charge is -2.08. The second-order valence-corrected chi connectivity index (χ2v) is 3.76. The average Bonchev–Trinajstić information content (AvgIpc) is 2.43. The minimum absolute atomic E-state index is 0.306. The van der Waals surface area contributed by atoms with Gasteiger partial charge in [0.05, 0.1) is 7.11 Å². The van der Waals surface area contributed by atoms with E-state index < -0.39 is 24.8 Å². The van der Waals surface area contributed by atoms with E-state index in [0.29, 0.717) is 11.3 Å². The minimum atomic E-state index is -4.85. The summed E-state index contributed by atoms with van der Waals surface area (Å²) in [6.07, 6.45) is -2.14. The monoisotopic (exact) mass is 303 g/mol. The second-order valence-electron chi connectivity index (χ2n) is 3.76. The molecule has 5 nitrogen and oxygen atoms in total. The first-order valence-corrected chi connectivity index (χ1v) is 5.67. The maximum Gasteiger partial charge on any atom is 0.523 e. The zero-order chi connectivity index (χ0) is 15.9. The number of anilines is 1. The van der Waals surface area contributed by atoms with Gasteiger partial charge >= 0.3 is 12.3 Å². The molecule has 1 amide bonds. The Morgan fingerprint density at radius 1 is 1.24 bits per heavy atom. The van der Waals surface area contributed by atoms with Crippen molar-refractivity contribution in [3.8, 4) is 0 Å². The quantitative estimate of drug-likeness (QED) is 0.670. The number of hydrogen-bond acceptors (Lipinski definition) is 4. The van der Waals surface area contributed by atoms with Gasteiger partial charge < -0.3 is 10.1 Å². The summed E-state index contributed by atoms with van der Waals surface area (Å²) in [5, 5.41) is 2.24. The molecule has 1 rings (SSSR count). The van der Waals surface area contributed by atoms with Gasteiger partial charge in [-0.05, 0) is 23.8 Å². The van der Waals surface area contributed by atoms with Crippen molar-refractivity contribution >= 4 is 23.6 Å². The largest absolute Gasteiger partial charge is 0.523 e. The Balaban J connectivity index is 2.53. The summed E-state index contributed by atoms with van der Waals surface area (Å²) in [4.78, 5) is 22.1. The SMILES string of the molecule is COC(=O)C=Cc1ccc(NC(=O)COC(F)(F)F)cc1. The van der Waals surface area contributed by atoms with Crippen LogP contribution in [0.15, 0.2) is 30.3 Å². The summed E-state index contributed by atoms with van der Waals surface area (Å²) < 4.78 is 43.0. The summed E-state index contributed by atoms with van der Waals surface area (Å²) in [5.41, 5.74) is 0.964. The number of carbonyl (C=O) groups excluding carboxylic acids is 2. The molecular formula is C13H12F3NO4. The third kappa shape index (κ3) is 7.11. The van der Waals surface area contributed by atoms with E-state index in [-0.39, 0.29) is 0 Å². The van der Waals surface area contributed by atoms with Crippen LogP contribution in [0, 0.1) is 0 Å². The van der Waals surface area contributed by atoms with Crippen molar-refractivity contribution in [1.82, 2.24) is 0 Å². The Labute approximate surface area is 118 Å². The molecule has 0 saturated heterocycles. The molecule has 1 N–H and O–H groups in total. The Hall–Kier alpha value is -2.35. The van der Waals surface area contributed by atoms with Crippen LogP contribution in [0.2, 0.25) is 0 Å². The first kappa shape index (κ1) is 16.7. The lowest BCUT2D eigenvalue weighted by molar-refractivity contribution is -0.320. The van der Waals surface area contributed by atoms with Crippen LogP contribution in [-0.2, 0) is 19.1 Å². The van der Waals surface area contributed by atoms with Gasteiger partial charge in [0.25, 0.3) is 5.91 Å². The van der Waals surface area contributed by atoms with Crippen LogP contribution in [0.5, 0.6) is 0 Å². The number of hydrogen-bond donors (Lipinski definition) is 1. The van der Waals surface area contributed by atoms with Crippen molar-refractivity contribution < 1.29 is 32.2 Å². The van der Waals surface area contributed by atoms with E-state index in [4.69, 9.17) is 0 Å². The zero-order valence-electron chi connectivity index (χ0n) is 10.9. The van der Waals surface area contributed by atoms with Crippen molar-refractivity contribution in [2.45, 2.75) is 6.36 Å². The fourth-order valence-corrected chi connectivity index (χ4v) is 1.25. The van der Waals surface area contributed by atoms with Crippen LogP contribution in [0.25, 0.3) is 6.08 Å². The van der Waals surface area contributed by atoms with Crippen LogP contribution in [0.3, 0.4) is 0 Å². The standard InChI is InChI=1S/C13H12F3NO4/c1-20-12(19)7-4-9-2-5-10(6-3-9)17-11(18)8-21-13(14,15)16/h2-7H,8H2,1H3,(H,17,18). The highest BCUT2D eigenvalue weighted by Crippen LogP contribution is 2.16. The Morgan fingerprint density at radius 2 is 1.86 bits per heavy atom. The Bertz CT molecular complexity index is 523. The van der Waals surface area contributed by atoms with Crippen LogP contribution < -0.4 is 5.32 Å². The molecule has 1 aromatic carbocycles. The van der Waals surface area contributed by atoms with Crippen LogP contribution in [0.1, 0.15) is 5.56 Å². The highest BCUT2D eigenvalue weighted by atomic mass is 19.4. The van der Waals surface area contributed by atoms with E-state index in [1.165, 1.54) is 31.4 Å². The van der Waals surface area contributed by atoms with E-state index in [0.717, 1.165) is 0 Å². The number of ether oxygens (including phenoxy) is 2. The number of methoxy groups -OCH3 is 1. The van der Waals surface area contributed by atoms with E-state index >= 15 is 0 Å². The number of rotatable bonds is 5. The van der Waals surface area contributed by atoms with Crippen molar-refractivity contribution in [1.29, 1.82) is 0 Å². The van der Waals surface area contributed by atoms with Gasteiger partial charge in [-0.15, -0.1) is 13.2 Å². The van der Waals surface area contributed by atoms with Gasteiger partial charge in [-0.2, -0.15) is 0 Å². The molecule has 0 saturated carbocycles. The number of carbonyl (C=O) groups is 2. The van der Waals surface area contributed by atoms with Crippen LogP contribution in [-0.4, -0.2) is 32.0 Å². The third-order valence-corrected chi connectivity index (χ3v) is 2.17. The maximum atomic E-state index is 11.7. The maximum absolute atomic E-state index is 11.7. The van der Waals surface area contributed by atoms with Gasteiger partial charge in [0, 0.05) is 11.8 Å². The van der Waals surface area contributed by atoms with E-state index in [2.05, 4.69) is 14.8 Å². The Morgan fingerprint density at radius 3 is 2.38 bits per heavy atom. The van der Waals surface area contributed by atoms with Gasteiger partial charge in [0.2, 0.25) is 0 Å². The fraction of sp³-hybridized carbons (Fsp3) is 0.231. The molecule has 1 aromatic rings. The predicted molar refractivity (Wildman–Crippen MR) is 68.1 cm³/mol. The van der Waals surface area contributed by atoms with Crippen molar-refractivity contribution in [3.63, 3.8) is 0 Å². The molecule has 0 unspecified atom stereocenters. The van der Waals surface area contributed by atoms with Gasteiger partial charge in [-0.25, -0.2) is 4.79 Å². The molecule has 0 aliphatic carbocycles. The lowest BCUT2D eigenvalue weighted by atomic mass is 10.2. The first-order valence-electron chi connectivity index (χ1n) is 5.67. The molecule has 114 valence electrons. The molecular weight excluding hydrogens is 291 g/mol. The van der Waals surface area contributed by atoms with E-state index in [1.807, 2.05) is 0 Å². The van der Waals surface area contributed by atoms with Gasteiger partial charge in [0.15, 0.2) is 0 Å². The van der Waals surface area contributed by atoms with Crippen molar-refractivity contribution in [2.24, 2.45) is 0 Å². The van der Waals surface area contributed by atoms with Crippen molar-refractivity contribution in [3.05, 3.63) is 35.9 Å². The average molecular weight is 303 g/mol. The number of benzene rings is 1. The highest BCUT2D eigenvalue weighted by Gasteiger charge is 2.30. The number of amides is 1. The van der Waals surface area contributed by atoms with Gasteiger partial charge in [-0.1, -0.05) is 12.1 Å². The van der Waals surface area contributed by atoms with Crippen molar-refractivity contribution in [2.75, 3.05) is 19.0 Å². The van der Waals surface area contributed by atoms with Gasteiger partial charge in [0.1, 0.15) is 6.61 Å². The zero-order valence-corrected chi connectivity index (χ0v) is 10.9. The van der Waals surface area contributed by atoms with Gasteiger partial charge in [-0.3, -0.25) is 9.53 Å². The molecule has 0 aromatic heterocycles. The molecule has 0 fully saturated rings. The number of alkyl halides is 3. The van der Waals surface area contributed by atoms with Crippen LogP contribution >= 0.6 is 0 Å². The lowest BCUT2D eigenvalue weighted by Crippen LogP contribution is -2.24. The summed E-state index contributed by atoms with van der Waals surface area (Å²) in [6.45, 7) is -1.12. The number of esters is 1. The molecule has 0 aliphatic heterocycles. The first-order chi connectivity index (χ1) is 9.80. The number of nitrogens with one attached hydrogen (secondary N) is 1. The highest BCUT2D eigenvalue weighted by molar-refractivity contribution is 5.92. The summed E-state index contributed by atoms with van der Waals surface area (Å²) in [5.74, 6) is -1.44. The number of halogens is 3. The smallest absolute Gasteiger partial charge is 0.466 e.